The molecule has 0 fully saturated rings. The van der Waals surface area contributed by atoms with Crippen LogP contribution in [0.3, 0.4) is 0 Å². The van der Waals surface area contributed by atoms with E-state index in [4.69, 9.17) is 11.6 Å². The van der Waals surface area contributed by atoms with Crippen LogP contribution in [0.25, 0.3) is 16.9 Å². The summed E-state index contributed by atoms with van der Waals surface area (Å²) in [5, 5.41) is 11.2. The van der Waals surface area contributed by atoms with Crippen molar-refractivity contribution in [3.8, 4) is 16.9 Å². The number of nitrogens with zero attached hydrogens (tertiary/aromatic N) is 5. The van der Waals surface area contributed by atoms with Crippen molar-refractivity contribution in [3.05, 3.63) is 63.7 Å². The highest BCUT2D eigenvalue weighted by Gasteiger charge is 2.39. The summed E-state index contributed by atoms with van der Waals surface area (Å²) in [5.74, 6) is -3.93. The molecule has 1 N–H and O–H groups in total. The molecule has 0 spiro atoms. The molecule has 0 aliphatic heterocycles. The molecule has 0 saturated heterocycles. The van der Waals surface area contributed by atoms with Crippen molar-refractivity contribution in [2.45, 2.75) is 19.1 Å². The lowest BCUT2D eigenvalue weighted by Crippen LogP contribution is -2.41. The highest BCUT2D eigenvalue weighted by molar-refractivity contribution is 7.93. The minimum Gasteiger partial charge on any atom is -0.348 e. The molecule has 15 heteroatoms. The maximum absolute atomic E-state index is 13.1. The highest BCUT2D eigenvalue weighted by Crippen LogP contribution is 2.21. The van der Waals surface area contributed by atoms with Gasteiger partial charge in [-0.2, -0.15) is 32.4 Å². The van der Waals surface area contributed by atoms with Gasteiger partial charge in [0, 0.05) is 29.9 Å². The molecule has 1 aromatic carbocycles. The summed E-state index contributed by atoms with van der Waals surface area (Å²) in [7, 11) is -2.00. The van der Waals surface area contributed by atoms with Gasteiger partial charge in [0.05, 0.1) is 33.6 Å². The first-order chi connectivity index (χ1) is 16.7. The van der Waals surface area contributed by atoms with E-state index in [2.05, 4.69) is 19.9 Å². The second-order valence-electron chi connectivity index (χ2n) is 7.93. The van der Waals surface area contributed by atoms with Crippen LogP contribution in [-0.2, 0) is 21.6 Å². The topological polar surface area (TPSA) is 128 Å². The van der Waals surface area contributed by atoms with Crippen molar-refractivity contribution in [1.82, 2.24) is 24.9 Å². The largest absolute Gasteiger partial charge is 0.474 e. The van der Waals surface area contributed by atoms with Gasteiger partial charge in [0.15, 0.2) is 0 Å². The summed E-state index contributed by atoms with van der Waals surface area (Å²) in [6.07, 6.45) is -1.51. The predicted octanol–water partition coefficient (Wildman–Crippen LogP) is 2.59. The van der Waals surface area contributed by atoms with Crippen molar-refractivity contribution >= 4 is 33.1 Å². The molecule has 1 unspecified atom stereocenters. The van der Waals surface area contributed by atoms with E-state index in [-0.39, 0.29) is 16.9 Å². The zero-order chi connectivity index (χ0) is 26.8. The zero-order valence-corrected chi connectivity index (χ0v) is 20.7. The maximum Gasteiger partial charge on any atom is 0.474 e. The van der Waals surface area contributed by atoms with Gasteiger partial charge < -0.3 is 5.32 Å². The third-order valence-electron chi connectivity index (χ3n) is 4.69. The first kappa shape index (κ1) is 27.1. The average molecular weight is 545 g/mol. The van der Waals surface area contributed by atoms with Crippen LogP contribution in [0.5, 0.6) is 0 Å². The fraction of sp³-hybridized carbons (Fsp3) is 0.286. The summed E-state index contributed by atoms with van der Waals surface area (Å²) in [6.45, 7) is 1.36. The average Bonchev–Trinajstić information content (AvgIpc) is 3.19. The van der Waals surface area contributed by atoms with E-state index in [0.717, 1.165) is 10.9 Å². The van der Waals surface area contributed by atoms with Crippen LogP contribution >= 0.6 is 11.6 Å². The SMILES string of the molecule is C[C@@H](CS(C)(=O)=NC(=O)C(F)(F)F)NC(=O)c1cc(-c2ccc(Cl)cc2)nn(-c2cnn(C)c2)c1=O. The number of carbonyl (C=O) groups excluding carboxylic acids is 2. The van der Waals surface area contributed by atoms with Gasteiger partial charge in [-0.15, -0.1) is 0 Å². The summed E-state index contributed by atoms with van der Waals surface area (Å²) in [6, 6.07) is 6.73. The molecule has 0 bridgehead atoms. The summed E-state index contributed by atoms with van der Waals surface area (Å²) in [4.78, 5) is 37.2. The monoisotopic (exact) mass is 544 g/mol. The zero-order valence-electron chi connectivity index (χ0n) is 19.1. The van der Waals surface area contributed by atoms with Crippen LogP contribution in [0.15, 0.2) is 51.9 Å². The molecule has 2 heterocycles. The Morgan fingerprint density at radius 3 is 2.44 bits per heavy atom. The molecule has 3 rings (SSSR count). The van der Waals surface area contributed by atoms with Crippen LogP contribution < -0.4 is 10.9 Å². The van der Waals surface area contributed by atoms with Crippen LogP contribution in [0.4, 0.5) is 13.2 Å². The van der Waals surface area contributed by atoms with E-state index < -0.39 is 45.1 Å². The number of hydrogen-bond donors (Lipinski definition) is 1. The Kier molecular flexibility index (Phi) is 7.69. The fourth-order valence-corrected chi connectivity index (χ4v) is 4.85. The van der Waals surface area contributed by atoms with Gasteiger partial charge in [0.25, 0.3) is 11.5 Å². The number of halogens is 4. The molecule has 0 saturated carbocycles. The Labute approximate surface area is 208 Å². The van der Waals surface area contributed by atoms with Crippen LogP contribution in [0.1, 0.15) is 17.3 Å². The van der Waals surface area contributed by atoms with Gasteiger partial charge in [-0.05, 0) is 25.1 Å². The van der Waals surface area contributed by atoms with Crippen LogP contribution in [0.2, 0.25) is 5.02 Å². The van der Waals surface area contributed by atoms with E-state index in [1.807, 2.05) is 0 Å². The second kappa shape index (κ2) is 10.2. The minimum absolute atomic E-state index is 0.248. The van der Waals surface area contributed by atoms with Crippen molar-refractivity contribution < 1.29 is 27.0 Å². The Bertz CT molecular complexity index is 1490. The number of amides is 2. The summed E-state index contributed by atoms with van der Waals surface area (Å²) in [5.41, 5.74) is -0.0595. The quantitative estimate of drug-likeness (QED) is 0.508. The molecule has 2 aromatic heterocycles. The molecule has 3 aromatic rings. The number of hydrogen-bond acceptors (Lipinski definition) is 6. The molecule has 0 radical (unpaired) electrons. The highest BCUT2D eigenvalue weighted by atomic mass is 35.5. The van der Waals surface area contributed by atoms with Gasteiger partial charge in [0.1, 0.15) is 11.3 Å². The maximum atomic E-state index is 13.1. The summed E-state index contributed by atoms with van der Waals surface area (Å²) < 4.78 is 55.0. The normalized spacial score (nSPS) is 14.1. The third kappa shape index (κ3) is 6.57. The standard InChI is InChI=1S/C21H20ClF3N6O4S/c1-12(11-36(3,35)29-20(34)21(23,24)25)27-18(32)16-8-17(13-4-6-14(22)7-5-13)28-31(19(16)33)15-9-26-30(2)10-15/h4-10,12H,11H2,1-3H3,(H,27,32)/t12-,36?/m0/s1. The van der Waals surface area contributed by atoms with Gasteiger partial charge in [0.2, 0.25) is 0 Å². The molecule has 2 atom stereocenters. The Morgan fingerprint density at radius 2 is 1.89 bits per heavy atom. The second-order valence-corrected chi connectivity index (χ2v) is 10.8. The Balaban J connectivity index is 1.97. The van der Waals surface area contributed by atoms with Gasteiger partial charge in [-0.3, -0.25) is 19.1 Å². The molecule has 0 aliphatic carbocycles. The Hall–Kier alpha value is -3.52. The van der Waals surface area contributed by atoms with E-state index in [1.54, 1.807) is 31.3 Å². The molecule has 10 nitrogen and oxygen atoms in total. The van der Waals surface area contributed by atoms with Crippen molar-refractivity contribution in [2.24, 2.45) is 11.4 Å². The lowest BCUT2D eigenvalue weighted by molar-refractivity contribution is -0.169. The lowest BCUT2D eigenvalue weighted by atomic mass is 10.1. The smallest absolute Gasteiger partial charge is 0.348 e. The first-order valence-electron chi connectivity index (χ1n) is 10.2. The predicted molar refractivity (Wildman–Crippen MR) is 126 cm³/mol. The number of nitrogens with one attached hydrogen (secondary N) is 1. The third-order valence-corrected chi connectivity index (χ3v) is 6.61. The molecule has 2 amide bonds. The van der Waals surface area contributed by atoms with E-state index in [1.165, 1.54) is 30.1 Å². The number of benzene rings is 1. The number of rotatable bonds is 6. The molecular weight excluding hydrogens is 525 g/mol. The van der Waals surface area contributed by atoms with E-state index in [0.29, 0.717) is 10.6 Å². The van der Waals surface area contributed by atoms with Crippen molar-refractivity contribution in [1.29, 1.82) is 0 Å². The fourth-order valence-electron chi connectivity index (χ4n) is 3.18. The van der Waals surface area contributed by atoms with Gasteiger partial charge in [-0.25, -0.2) is 4.21 Å². The number of alkyl halides is 3. The molecule has 0 aliphatic rings. The van der Waals surface area contributed by atoms with Gasteiger partial charge in [-0.1, -0.05) is 23.7 Å². The first-order valence-corrected chi connectivity index (χ1v) is 12.6. The molecule has 36 heavy (non-hydrogen) atoms. The number of carbonyl (C=O) groups is 2. The van der Waals surface area contributed by atoms with E-state index >= 15 is 0 Å². The minimum atomic E-state index is -5.27. The summed E-state index contributed by atoms with van der Waals surface area (Å²) >= 11 is 5.94. The van der Waals surface area contributed by atoms with Crippen LogP contribution in [0, 0.1) is 0 Å². The molecular formula is C21H20ClF3N6O4S. The lowest BCUT2D eigenvalue weighted by Gasteiger charge is -2.16. The van der Waals surface area contributed by atoms with Crippen molar-refractivity contribution in [2.75, 3.05) is 12.0 Å². The van der Waals surface area contributed by atoms with Gasteiger partial charge >= 0.3 is 12.1 Å². The van der Waals surface area contributed by atoms with Crippen LogP contribution in [-0.4, -0.2) is 59.8 Å². The number of aryl methyl sites for hydroxylation is 1. The van der Waals surface area contributed by atoms with E-state index in [9.17, 15) is 31.8 Å². The van der Waals surface area contributed by atoms with Crippen molar-refractivity contribution in [3.63, 3.8) is 0 Å². The number of aromatic nitrogens is 4. The Morgan fingerprint density at radius 1 is 1.25 bits per heavy atom. The molecule has 192 valence electrons.